The van der Waals surface area contributed by atoms with Crippen molar-refractivity contribution < 1.29 is 14.6 Å². The van der Waals surface area contributed by atoms with Crippen LogP contribution in [0.4, 0.5) is 5.82 Å². The summed E-state index contributed by atoms with van der Waals surface area (Å²) in [5.74, 6) is 1.46. The number of aliphatic hydroxyl groups is 1. The average molecular weight is 391 g/mol. The molecule has 0 fully saturated rings. The van der Waals surface area contributed by atoms with Crippen LogP contribution in [-0.4, -0.2) is 22.6 Å². The Bertz CT molecular complexity index is 928. The van der Waals surface area contributed by atoms with Crippen molar-refractivity contribution in [2.24, 2.45) is 0 Å². The lowest BCUT2D eigenvalue weighted by Gasteiger charge is -2.10. The summed E-state index contributed by atoms with van der Waals surface area (Å²) < 4.78 is 5.76. The van der Waals surface area contributed by atoms with Gasteiger partial charge in [0.15, 0.2) is 0 Å². The molecular formula is C23H25N3O3. The summed E-state index contributed by atoms with van der Waals surface area (Å²) >= 11 is 0. The molecule has 0 aliphatic heterocycles. The average Bonchev–Trinajstić information content (AvgIpc) is 2.74. The van der Waals surface area contributed by atoms with Crippen LogP contribution < -0.4 is 15.8 Å². The number of benzene rings is 2. The number of nitrogens with zero attached hydrogens (tertiary/aromatic N) is 1. The highest BCUT2D eigenvalue weighted by Crippen LogP contribution is 2.21. The maximum atomic E-state index is 12.4. The molecule has 6 nitrogen and oxygen atoms in total. The first-order chi connectivity index (χ1) is 14.2. The molecule has 2 aromatic carbocycles. The Morgan fingerprint density at radius 1 is 0.966 bits per heavy atom. The number of hydrogen-bond donors (Lipinski definition) is 3. The van der Waals surface area contributed by atoms with Gasteiger partial charge in [0.05, 0.1) is 5.56 Å². The number of carbonyl (C=O) groups is 1. The second-order valence-electron chi connectivity index (χ2n) is 6.66. The lowest BCUT2D eigenvalue weighted by Crippen LogP contribution is -2.24. The SMILES string of the molecule is Nc1nc(CCCCO)ccc1C(=O)NCc1ccc(Oc2ccccc2)cc1. The van der Waals surface area contributed by atoms with Crippen molar-refractivity contribution in [3.8, 4) is 11.5 Å². The Balaban J connectivity index is 1.53. The van der Waals surface area contributed by atoms with Gasteiger partial charge in [0, 0.05) is 18.8 Å². The van der Waals surface area contributed by atoms with E-state index >= 15 is 0 Å². The van der Waals surface area contributed by atoms with Crippen LogP contribution in [0.15, 0.2) is 66.7 Å². The van der Waals surface area contributed by atoms with Gasteiger partial charge in [0.2, 0.25) is 0 Å². The van der Waals surface area contributed by atoms with Crippen LogP contribution in [0.25, 0.3) is 0 Å². The Hall–Kier alpha value is -3.38. The van der Waals surface area contributed by atoms with Gasteiger partial charge >= 0.3 is 0 Å². The number of carbonyl (C=O) groups excluding carboxylic acids is 1. The molecule has 29 heavy (non-hydrogen) atoms. The molecule has 150 valence electrons. The summed E-state index contributed by atoms with van der Waals surface area (Å²) in [5.41, 5.74) is 8.08. The molecule has 1 amide bonds. The highest BCUT2D eigenvalue weighted by atomic mass is 16.5. The summed E-state index contributed by atoms with van der Waals surface area (Å²) in [6.07, 6.45) is 2.28. The highest BCUT2D eigenvalue weighted by molar-refractivity contribution is 5.98. The van der Waals surface area contributed by atoms with Gasteiger partial charge in [-0.2, -0.15) is 0 Å². The normalized spacial score (nSPS) is 10.5. The molecule has 0 aliphatic rings. The van der Waals surface area contributed by atoms with E-state index in [1.807, 2.05) is 54.6 Å². The number of unbranched alkanes of at least 4 members (excludes halogenated alkanes) is 1. The molecule has 0 aliphatic carbocycles. The Labute approximate surface area is 170 Å². The number of aryl methyl sites for hydroxylation is 1. The first kappa shape index (κ1) is 20.4. The van der Waals surface area contributed by atoms with Gasteiger partial charge < -0.3 is 20.9 Å². The van der Waals surface area contributed by atoms with Gasteiger partial charge in [0.1, 0.15) is 17.3 Å². The van der Waals surface area contributed by atoms with Gasteiger partial charge in [-0.15, -0.1) is 0 Å². The third kappa shape index (κ3) is 6.05. The van der Waals surface area contributed by atoms with E-state index in [1.165, 1.54) is 0 Å². The summed E-state index contributed by atoms with van der Waals surface area (Å²) in [7, 11) is 0. The zero-order valence-electron chi connectivity index (χ0n) is 16.2. The van der Waals surface area contributed by atoms with Crippen molar-refractivity contribution >= 4 is 11.7 Å². The standard InChI is InChI=1S/C23H25N3O3/c24-22-21(14-11-18(26-22)6-4-5-15-27)23(28)25-16-17-9-12-20(13-10-17)29-19-7-2-1-3-8-19/h1-3,7-14,27H,4-6,15-16H2,(H2,24,26)(H,25,28). The number of para-hydroxylation sites is 1. The molecule has 0 saturated carbocycles. The first-order valence-corrected chi connectivity index (χ1v) is 9.62. The van der Waals surface area contributed by atoms with Gasteiger partial charge in [0.25, 0.3) is 5.91 Å². The second-order valence-corrected chi connectivity index (χ2v) is 6.66. The van der Waals surface area contributed by atoms with E-state index in [2.05, 4.69) is 10.3 Å². The number of rotatable bonds is 9. The van der Waals surface area contributed by atoms with Gasteiger partial charge in [-0.25, -0.2) is 4.98 Å². The third-order valence-corrected chi connectivity index (χ3v) is 4.42. The molecule has 0 saturated heterocycles. The fourth-order valence-corrected chi connectivity index (χ4v) is 2.84. The fraction of sp³-hybridized carbons (Fsp3) is 0.217. The molecule has 3 rings (SSSR count). The van der Waals surface area contributed by atoms with E-state index in [1.54, 1.807) is 12.1 Å². The Kier molecular flexibility index (Phi) is 7.19. The molecule has 0 atom stereocenters. The summed E-state index contributed by atoms with van der Waals surface area (Å²) in [4.78, 5) is 16.7. The van der Waals surface area contributed by atoms with Crippen LogP contribution in [0.5, 0.6) is 11.5 Å². The molecule has 1 aromatic heterocycles. The largest absolute Gasteiger partial charge is 0.457 e. The van der Waals surface area contributed by atoms with Crippen LogP contribution in [0.1, 0.15) is 34.5 Å². The minimum absolute atomic E-state index is 0.162. The van der Waals surface area contributed by atoms with E-state index < -0.39 is 0 Å². The number of hydrogen-bond acceptors (Lipinski definition) is 5. The van der Waals surface area contributed by atoms with E-state index in [0.29, 0.717) is 12.1 Å². The van der Waals surface area contributed by atoms with Gasteiger partial charge in [-0.3, -0.25) is 4.79 Å². The number of aliphatic hydroxyl groups excluding tert-OH is 1. The molecule has 0 radical (unpaired) electrons. The Morgan fingerprint density at radius 2 is 1.69 bits per heavy atom. The molecule has 6 heteroatoms. The molecule has 0 spiro atoms. The zero-order valence-corrected chi connectivity index (χ0v) is 16.2. The predicted molar refractivity (Wildman–Crippen MR) is 113 cm³/mol. The smallest absolute Gasteiger partial charge is 0.255 e. The van der Waals surface area contributed by atoms with Crippen molar-refractivity contribution in [3.63, 3.8) is 0 Å². The van der Waals surface area contributed by atoms with Crippen molar-refractivity contribution in [2.75, 3.05) is 12.3 Å². The fourth-order valence-electron chi connectivity index (χ4n) is 2.84. The number of amides is 1. The predicted octanol–water partition coefficient (Wildman–Crippen LogP) is 3.70. The molecule has 4 N–H and O–H groups in total. The van der Waals surface area contributed by atoms with E-state index in [4.69, 9.17) is 15.6 Å². The third-order valence-electron chi connectivity index (χ3n) is 4.42. The number of nitrogens with two attached hydrogens (primary N) is 1. The highest BCUT2D eigenvalue weighted by Gasteiger charge is 2.11. The minimum Gasteiger partial charge on any atom is -0.457 e. The number of aromatic nitrogens is 1. The first-order valence-electron chi connectivity index (χ1n) is 9.62. The van der Waals surface area contributed by atoms with E-state index in [0.717, 1.165) is 42.0 Å². The van der Waals surface area contributed by atoms with E-state index in [-0.39, 0.29) is 18.3 Å². The number of nitrogen functional groups attached to an aromatic ring is 1. The van der Waals surface area contributed by atoms with Crippen LogP contribution in [0.3, 0.4) is 0 Å². The maximum Gasteiger partial charge on any atom is 0.255 e. The zero-order chi connectivity index (χ0) is 20.5. The molecule has 3 aromatic rings. The summed E-state index contributed by atoms with van der Waals surface area (Å²) in [6.45, 7) is 0.539. The van der Waals surface area contributed by atoms with Crippen molar-refractivity contribution in [2.45, 2.75) is 25.8 Å². The van der Waals surface area contributed by atoms with Crippen LogP contribution in [-0.2, 0) is 13.0 Å². The minimum atomic E-state index is -0.262. The number of ether oxygens (including phenoxy) is 1. The lowest BCUT2D eigenvalue weighted by molar-refractivity contribution is 0.0951. The van der Waals surface area contributed by atoms with Gasteiger partial charge in [-0.1, -0.05) is 30.3 Å². The monoisotopic (exact) mass is 391 g/mol. The summed E-state index contributed by atoms with van der Waals surface area (Å²) in [6, 6.07) is 20.6. The second kappa shape index (κ2) is 10.2. The number of nitrogens with one attached hydrogen (secondary N) is 1. The van der Waals surface area contributed by atoms with Crippen molar-refractivity contribution in [1.29, 1.82) is 0 Å². The summed E-state index contributed by atoms with van der Waals surface area (Å²) in [5, 5.41) is 11.7. The maximum absolute atomic E-state index is 12.4. The molecular weight excluding hydrogens is 366 g/mol. The van der Waals surface area contributed by atoms with Crippen LogP contribution in [0.2, 0.25) is 0 Å². The quantitative estimate of drug-likeness (QED) is 0.483. The van der Waals surface area contributed by atoms with Gasteiger partial charge in [-0.05, 0) is 61.2 Å². The van der Waals surface area contributed by atoms with Crippen LogP contribution >= 0.6 is 0 Å². The topological polar surface area (TPSA) is 97.5 Å². The molecule has 1 heterocycles. The molecule has 0 unspecified atom stereocenters. The number of pyridine rings is 1. The van der Waals surface area contributed by atoms with Crippen molar-refractivity contribution in [1.82, 2.24) is 10.3 Å². The van der Waals surface area contributed by atoms with E-state index in [9.17, 15) is 4.79 Å². The van der Waals surface area contributed by atoms with Crippen LogP contribution in [0, 0.1) is 0 Å². The Morgan fingerprint density at radius 3 is 2.38 bits per heavy atom. The van der Waals surface area contributed by atoms with Crippen molar-refractivity contribution in [3.05, 3.63) is 83.6 Å². The molecule has 0 bridgehead atoms. The number of anilines is 1. The lowest BCUT2D eigenvalue weighted by atomic mass is 10.1.